The molecule has 0 aromatic heterocycles. The Balaban J connectivity index is 1.64. The fraction of sp³-hybridized carbons (Fsp3) is 0.471. The van der Waals surface area contributed by atoms with Crippen LogP contribution in [-0.2, 0) is 14.3 Å². The Morgan fingerprint density at radius 2 is 1.90 bits per heavy atom. The first kappa shape index (κ1) is 21.6. The molecule has 1 atom stereocenters. The van der Waals surface area contributed by atoms with Gasteiger partial charge in [-0.3, -0.25) is 4.79 Å². The smallest absolute Gasteiger partial charge is 0.394 e. The van der Waals surface area contributed by atoms with Gasteiger partial charge in [-0.1, -0.05) is 5.22 Å². The van der Waals surface area contributed by atoms with Crippen LogP contribution < -0.4 is 15.2 Å². The second kappa shape index (κ2) is 9.15. The average Bonchev–Trinajstić information content (AvgIpc) is 3.20. The third-order valence-electron chi connectivity index (χ3n) is 4.74. The number of hydrogen-bond donors (Lipinski definition) is 2. The zero-order chi connectivity index (χ0) is 21.8. The summed E-state index contributed by atoms with van der Waals surface area (Å²) in [5.41, 5.74) is -0.00465. The predicted molar refractivity (Wildman–Crippen MR) is 106 cm³/mol. The lowest BCUT2D eigenvalue weighted by Gasteiger charge is -2.35. The second-order valence-corrected chi connectivity index (χ2v) is 7.03. The molecular weight excluding hydrogens is 422 g/mol. The van der Waals surface area contributed by atoms with E-state index in [1.807, 2.05) is 0 Å². The molecule has 0 saturated carbocycles. The van der Waals surface area contributed by atoms with Gasteiger partial charge in [0.2, 0.25) is 0 Å². The van der Waals surface area contributed by atoms with E-state index in [4.69, 9.17) is 22.1 Å². The molecule has 13 heteroatoms. The monoisotopic (exact) mass is 442 g/mol. The van der Waals surface area contributed by atoms with Crippen LogP contribution in [0.25, 0.3) is 0 Å². The molecule has 0 bridgehead atoms. The Labute approximate surface area is 176 Å². The van der Waals surface area contributed by atoms with Gasteiger partial charge in [0.05, 0.1) is 19.3 Å². The summed E-state index contributed by atoms with van der Waals surface area (Å²) < 4.78 is 34.3. The van der Waals surface area contributed by atoms with Crippen molar-refractivity contribution in [3.63, 3.8) is 0 Å². The lowest BCUT2D eigenvalue weighted by Crippen LogP contribution is -2.51. The summed E-state index contributed by atoms with van der Waals surface area (Å²) >= 11 is 4.88. The van der Waals surface area contributed by atoms with Crippen molar-refractivity contribution in [1.29, 1.82) is 0 Å². The molecule has 0 radical (unpaired) electrons. The minimum absolute atomic E-state index is 0.0596. The molecule has 3 rings (SSSR count). The maximum atomic E-state index is 14.7. The molecule has 162 valence electrons. The summed E-state index contributed by atoms with van der Waals surface area (Å²) in [6, 6.07) is 2.08. The number of aliphatic carboxylic acids is 1. The van der Waals surface area contributed by atoms with Gasteiger partial charge in [-0.15, -0.1) is 0 Å². The molecule has 1 unspecified atom stereocenters. The number of hydrogen-bond acceptors (Lipinski definition) is 8. The number of rotatable bonds is 4. The lowest BCUT2D eigenvalue weighted by atomic mass is 10.2. The van der Waals surface area contributed by atoms with Crippen LogP contribution in [0.3, 0.4) is 0 Å². The van der Waals surface area contributed by atoms with Crippen molar-refractivity contribution >= 4 is 40.6 Å². The van der Waals surface area contributed by atoms with Gasteiger partial charge in [-0.05, 0) is 12.2 Å². The molecule has 2 N–H and O–H groups in total. The number of benzene rings is 1. The molecular formula is C17H20F2N6O4S. The Hall–Kier alpha value is -3.09. The number of anilines is 2. The highest BCUT2D eigenvalue weighted by Gasteiger charge is 2.29. The number of carbonyl (C=O) groups excluding carboxylic acids is 1. The summed E-state index contributed by atoms with van der Waals surface area (Å²) in [6.07, 6.45) is 0. The van der Waals surface area contributed by atoms with E-state index in [1.54, 1.807) is 0 Å². The van der Waals surface area contributed by atoms with E-state index in [0.717, 1.165) is 4.90 Å². The first-order valence-electron chi connectivity index (χ1n) is 9.06. The topological polar surface area (TPSA) is 110 Å². The van der Waals surface area contributed by atoms with E-state index in [9.17, 15) is 18.4 Å². The number of ether oxygens (including phenoxy) is 1. The lowest BCUT2D eigenvalue weighted by molar-refractivity contribution is -0.156. The zero-order valence-electron chi connectivity index (χ0n) is 16.0. The van der Waals surface area contributed by atoms with Crippen molar-refractivity contribution in [2.24, 2.45) is 10.3 Å². The standard InChI is InChI=1S/C17H20F2N6O4S/c1-29-17(30)20-8-10-9-25(22-21-10)11-6-12(18)14(13(19)7-11)23-2-4-24(5-3-23)15(26)16(27)28/h6-7,10H,2-5,8-9H2,1H3,(H,20,30)(H,27,28). The maximum absolute atomic E-state index is 14.7. The third-order valence-corrected chi connectivity index (χ3v) is 5.05. The van der Waals surface area contributed by atoms with Crippen LogP contribution in [0.5, 0.6) is 0 Å². The van der Waals surface area contributed by atoms with Crippen LogP contribution in [0, 0.1) is 11.6 Å². The fourth-order valence-electron chi connectivity index (χ4n) is 3.22. The highest BCUT2D eigenvalue weighted by atomic mass is 32.1. The summed E-state index contributed by atoms with van der Waals surface area (Å²) in [5.74, 6) is -4.14. The van der Waals surface area contributed by atoms with Crippen LogP contribution in [0.1, 0.15) is 0 Å². The highest BCUT2D eigenvalue weighted by Crippen LogP contribution is 2.31. The van der Waals surface area contributed by atoms with E-state index in [1.165, 1.54) is 29.2 Å². The Morgan fingerprint density at radius 3 is 2.47 bits per heavy atom. The molecule has 0 aliphatic carbocycles. The Kier molecular flexibility index (Phi) is 6.59. The first-order chi connectivity index (χ1) is 14.3. The number of methoxy groups -OCH3 is 1. The predicted octanol–water partition coefficient (Wildman–Crippen LogP) is 0.775. The fourth-order valence-corrected chi connectivity index (χ4v) is 3.30. The van der Waals surface area contributed by atoms with Crippen molar-refractivity contribution in [3.05, 3.63) is 23.8 Å². The van der Waals surface area contributed by atoms with E-state index >= 15 is 0 Å². The van der Waals surface area contributed by atoms with Gasteiger partial charge >= 0.3 is 11.9 Å². The first-order valence-corrected chi connectivity index (χ1v) is 9.47. The van der Waals surface area contributed by atoms with Crippen molar-refractivity contribution in [2.75, 3.05) is 56.3 Å². The number of nitrogens with one attached hydrogen (secondary N) is 1. The molecule has 1 saturated heterocycles. The van der Waals surface area contributed by atoms with Gasteiger partial charge in [0, 0.05) is 44.9 Å². The van der Waals surface area contributed by atoms with Crippen molar-refractivity contribution in [1.82, 2.24) is 10.2 Å². The normalized spacial score (nSPS) is 18.5. The molecule has 1 amide bonds. The van der Waals surface area contributed by atoms with E-state index in [-0.39, 0.29) is 48.8 Å². The van der Waals surface area contributed by atoms with Gasteiger partial charge in [0.15, 0.2) is 11.6 Å². The van der Waals surface area contributed by atoms with Crippen molar-refractivity contribution < 1.29 is 28.2 Å². The summed E-state index contributed by atoms with van der Waals surface area (Å²) in [5, 5.41) is 21.2. The number of nitrogens with zero attached hydrogens (tertiary/aromatic N) is 5. The van der Waals surface area contributed by atoms with Crippen LogP contribution in [-0.4, -0.2) is 79.5 Å². The van der Waals surface area contributed by atoms with Gasteiger partial charge < -0.3 is 25.0 Å². The largest absolute Gasteiger partial charge is 0.474 e. The van der Waals surface area contributed by atoms with Gasteiger partial charge in [-0.25, -0.2) is 18.6 Å². The molecule has 2 aliphatic rings. The number of amides is 1. The van der Waals surface area contributed by atoms with E-state index in [0.29, 0.717) is 13.1 Å². The molecule has 1 aromatic rings. The summed E-state index contributed by atoms with van der Waals surface area (Å²) in [4.78, 5) is 24.9. The summed E-state index contributed by atoms with van der Waals surface area (Å²) in [7, 11) is 1.44. The molecule has 10 nitrogen and oxygen atoms in total. The Bertz CT molecular complexity index is 855. The number of thiocarbonyl (C=S) groups is 1. The second-order valence-electron chi connectivity index (χ2n) is 6.66. The molecule has 1 aromatic carbocycles. The highest BCUT2D eigenvalue weighted by molar-refractivity contribution is 7.80. The third kappa shape index (κ3) is 4.72. The zero-order valence-corrected chi connectivity index (χ0v) is 16.9. The molecule has 0 spiro atoms. The number of carbonyl (C=O) groups is 2. The summed E-state index contributed by atoms with van der Waals surface area (Å²) in [6.45, 7) is 1.03. The minimum atomic E-state index is -1.55. The van der Waals surface area contributed by atoms with E-state index < -0.39 is 23.5 Å². The van der Waals surface area contributed by atoms with Crippen LogP contribution in [0.4, 0.5) is 20.2 Å². The molecule has 2 heterocycles. The molecule has 1 fully saturated rings. The SMILES string of the molecule is COC(=S)NCC1CN(c2cc(F)c(N3CCN(C(=O)C(=O)O)CC3)c(F)c2)N=N1. The number of halogens is 2. The van der Waals surface area contributed by atoms with Gasteiger partial charge in [0.1, 0.15) is 11.7 Å². The number of carboxylic acids is 1. The van der Waals surface area contributed by atoms with Gasteiger partial charge in [0.25, 0.3) is 5.17 Å². The van der Waals surface area contributed by atoms with Crippen LogP contribution in [0.2, 0.25) is 0 Å². The van der Waals surface area contributed by atoms with E-state index in [2.05, 4.69) is 15.7 Å². The van der Waals surface area contributed by atoms with Gasteiger partial charge in [-0.2, -0.15) is 5.11 Å². The number of piperazine rings is 1. The quantitative estimate of drug-likeness (QED) is 0.520. The number of carboxylic acid groups (broad SMARTS) is 1. The minimum Gasteiger partial charge on any atom is -0.474 e. The van der Waals surface area contributed by atoms with Crippen molar-refractivity contribution in [2.45, 2.75) is 6.04 Å². The maximum Gasteiger partial charge on any atom is 0.394 e. The van der Waals surface area contributed by atoms with Crippen LogP contribution in [0.15, 0.2) is 22.5 Å². The molecule has 2 aliphatic heterocycles. The average molecular weight is 442 g/mol. The van der Waals surface area contributed by atoms with Crippen molar-refractivity contribution in [3.8, 4) is 0 Å². The van der Waals surface area contributed by atoms with Crippen LogP contribution >= 0.6 is 12.2 Å². The molecule has 30 heavy (non-hydrogen) atoms. The Morgan fingerprint density at radius 1 is 1.27 bits per heavy atom.